The molecule has 5 heteroatoms. The Morgan fingerprint density at radius 3 is 2.43 bits per heavy atom. The summed E-state index contributed by atoms with van der Waals surface area (Å²) < 4.78 is 12.5. The average molecular weight is 318 g/mol. The third kappa shape index (κ3) is 2.38. The van der Waals surface area contributed by atoms with Gasteiger partial charge in [0.05, 0.1) is 20.7 Å². The Labute approximate surface area is 136 Å². The number of quaternary nitrogens is 1. The van der Waals surface area contributed by atoms with Crippen molar-refractivity contribution in [2.45, 2.75) is 49.2 Å². The zero-order valence-electron chi connectivity index (χ0n) is 13.6. The van der Waals surface area contributed by atoms with E-state index in [4.69, 9.17) is 9.47 Å². The smallest absolute Gasteiger partial charge is 0.316 e. The van der Waals surface area contributed by atoms with E-state index in [0.29, 0.717) is 24.3 Å². The molecule has 0 amide bonds. The van der Waals surface area contributed by atoms with E-state index >= 15 is 0 Å². The summed E-state index contributed by atoms with van der Waals surface area (Å²) in [6, 6.07) is 10.2. The Balaban J connectivity index is 1.44. The number of ether oxygens (including phenoxy) is 2. The third-order valence-electron chi connectivity index (χ3n) is 5.99. The minimum absolute atomic E-state index is 0.0576. The second-order valence-electron chi connectivity index (χ2n) is 7.51. The van der Waals surface area contributed by atoms with E-state index in [-0.39, 0.29) is 18.7 Å². The summed E-state index contributed by atoms with van der Waals surface area (Å²) in [5.74, 6) is -0.908. The normalized spacial score (nSPS) is 37.8. The summed E-state index contributed by atoms with van der Waals surface area (Å²) in [5.41, 5.74) is 0.807. The summed E-state index contributed by atoms with van der Waals surface area (Å²) in [7, 11) is 4.51. The van der Waals surface area contributed by atoms with E-state index in [9.17, 15) is 9.90 Å². The van der Waals surface area contributed by atoms with Crippen molar-refractivity contribution in [3.63, 3.8) is 0 Å². The van der Waals surface area contributed by atoms with Crippen LogP contribution in [0.1, 0.15) is 24.3 Å². The number of morpholine rings is 1. The Hall–Kier alpha value is -1.43. The molecular weight excluding hydrogens is 294 g/mol. The van der Waals surface area contributed by atoms with Crippen LogP contribution >= 0.6 is 0 Å². The SMILES string of the molecule is C[N+]1(C)[C@@H]2CC(OC(=O)[C@H](CO)c3ccccc3)C[C@@H]1[C@H]1O[C@@H]12. The number of hydrogen-bond acceptors (Lipinski definition) is 4. The number of epoxide rings is 1. The molecule has 3 heterocycles. The van der Waals surface area contributed by atoms with Gasteiger partial charge < -0.3 is 19.1 Å². The molecule has 3 fully saturated rings. The summed E-state index contributed by atoms with van der Waals surface area (Å²) in [6.45, 7) is -0.224. The van der Waals surface area contributed by atoms with Crippen LogP contribution in [-0.2, 0) is 14.3 Å². The molecule has 1 N–H and O–H groups in total. The molecule has 5 atom stereocenters. The van der Waals surface area contributed by atoms with Crippen LogP contribution in [0.25, 0.3) is 0 Å². The monoisotopic (exact) mass is 318 g/mol. The second-order valence-corrected chi connectivity index (χ2v) is 7.51. The number of carbonyl (C=O) groups excluding carboxylic acids is 1. The number of rotatable bonds is 4. The number of aliphatic hydroxyl groups excluding tert-OH is 1. The Morgan fingerprint density at radius 2 is 1.87 bits per heavy atom. The molecule has 4 rings (SSSR count). The van der Waals surface area contributed by atoms with Gasteiger partial charge in [0.25, 0.3) is 0 Å². The summed E-state index contributed by atoms with van der Waals surface area (Å²) in [5, 5.41) is 9.60. The van der Waals surface area contributed by atoms with Gasteiger partial charge in [0.1, 0.15) is 36.3 Å². The van der Waals surface area contributed by atoms with Gasteiger partial charge in [-0.05, 0) is 5.56 Å². The molecule has 1 aromatic rings. The van der Waals surface area contributed by atoms with Crippen molar-refractivity contribution < 1.29 is 23.9 Å². The number of hydrogen-bond donors (Lipinski definition) is 1. The molecule has 0 spiro atoms. The van der Waals surface area contributed by atoms with Crippen molar-refractivity contribution in [1.29, 1.82) is 0 Å². The van der Waals surface area contributed by atoms with Crippen molar-refractivity contribution in [1.82, 2.24) is 0 Å². The van der Waals surface area contributed by atoms with Crippen LogP contribution in [0.5, 0.6) is 0 Å². The van der Waals surface area contributed by atoms with Gasteiger partial charge in [-0.3, -0.25) is 4.79 Å². The number of aliphatic hydroxyl groups is 1. The minimum atomic E-state index is -0.593. The maximum Gasteiger partial charge on any atom is 0.316 e. The number of esters is 1. The number of fused-ring (bicyclic) bond motifs is 5. The van der Waals surface area contributed by atoms with Gasteiger partial charge in [0.2, 0.25) is 0 Å². The minimum Gasteiger partial charge on any atom is -0.461 e. The van der Waals surface area contributed by atoms with Gasteiger partial charge in [0, 0.05) is 12.8 Å². The molecule has 3 aliphatic rings. The van der Waals surface area contributed by atoms with Gasteiger partial charge in [0.15, 0.2) is 0 Å². The van der Waals surface area contributed by atoms with E-state index in [0.717, 1.165) is 22.9 Å². The van der Waals surface area contributed by atoms with Gasteiger partial charge in [-0.1, -0.05) is 30.3 Å². The van der Waals surface area contributed by atoms with Gasteiger partial charge in [-0.25, -0.2) is 0 Å². The van der Waals surface area contributed by atoms with Crippen LogP contribution in [0, 0.1) is 0 Å². The maximum atomic E-state index is 12.5. The lowest BCUT2D eigenvalue weighted by Gasteiger charge is -2.45. The van der Waals surface area contributed by atoms with Crippen LogP contribution in [0.2, 0.25) is 0 Å². The second kappa shape index (κ2) is 5.30. The van der Waals surface area contributed by atoms with Gasteiger partial charge in [-0.2, -0.15) is 0 Å². The molecule has 0 aromatic heterocycles. The summed E-state index contributed by atoms with van der Waals surface area (Å²) in [6.07, 6.45) is 2.34. The lowest BCUT2D eigenvalue weighted by Crippen LogP contribution is -2.60. The van der Waals surface area contributed by atoms with E-state index in [2.05, 4.69) is 14.1 Å². The number of nitrogens with zero attached hydrogens (tertiary/aromatic N) is 1. The molecule has 3 saturated heterocycles. The largest absolute Gasteiger partial charge is 0.461 e. The van der Waals surface area contributed by atoms with E-state index in [1.807, 2.05) is 30.3 Å². The van der Waals surface area contributed by atoms with Gasteiger partial charge >= 0.3 is 5.97 Å². The average Bonchev–Trinajstić information content (AvgIpc) is 3.27. The lowest BCUT2D eigenvalue weighted by molar-refractivity contribution is -0.938. The number of benzene rings is 1. The first-order valence-electron chi connectivity index (χ1n) is 8.37. The molecule has 23 heavy (non-hydrogen) atoms. The van der Waals surface area contributed by atoms with Crippen molar-refractivity contribution in [3.8, 4) is 0 Å². The fourth-order valence-electron chi connectivity index (χ4n) is 4.55. The van der Waals surface area contributed by atoms with E-state index < -0.39 is 5.92 Å². The molecule has 0 aliphatic carbocycles. The Morgan fingerprint density at radius 1 is 1.26 bits per heavy atom. The first-order chi connectivity index (χ1) is 11.0. The summed E-state index contributed by atoms with van der Waals surface area (Å²) in [4.78, 5) is 12.5. The standard InChI is InChI=1S/C18H24NO4/c1-19(2)14-8-12(9-15(19)17-16(14)23-17)22-18(21)13(10-20)11-6-4-3-5-7-11/h3-7,12-17,20H,8-10H2,1-2H3/q+1/t13-,14-,15-,16-,17-/m1/s1. The Bertz CT molecular complexity index is 582. The van der Waals surface area contributed by atoms with Crippen LogP contribution in [-0.4, -0.2) is 66.7 Å². The highest BCUT2D eigenvalue weighted by Crippen LogP contribution is 2.51. The molecule has 0 unspecified atom stereocenters. The fourth-order valence-corrected chi connectivity index (χ4v) is 4.55. The Kier molecular flexibility index (Phi) is 3.48. The van der Waals surface area contributed by atoms with Crippen molar-refractivity contribution in [2.75, 3.05) is 20.7 Å². The number of likely N-dealkylation sites (N-methyl/N-ethyl adjacent to an activating group) is 1. The molecule has 0 radical (unpaired) electrons. The van der Waals surface area contributed by atoms with Crippen molar-refractivity contribution >= 4 is 5.97 Å². The molecule has 5 nitrogen and oxygen atoms in total. The fraction of sp³-hybridized carbons (Fsp3) is 0.611. The predicted octanol–water partition coefficient (Wildman–Crippen LogP) is 1.06. The highest BCUT2D eigenvalue weighted by Gasteiger charge is 2.70. The maximum absolute atomic E-state index is 12.5. The first-order valence-corrected chi connectivity index (χ1v) is 8.37. The first kappa shape index (κ1) is 15.1. The van der Waals surface area contributed by atoms with Crippen LogP contribution in [0.15, 0.2) is 30.3 Å². The summed E-state index contributed by atoms with van der Waals surface area (Å²) >= 11 is 0. The van der Waals surface area contributed by atoms with Crippen molar-refractivity contribution in [3.05, 3.63) is 35.9 Å². The van der Waals surface area contributed by atoms with Gasteiger partial charge in [-0.15, -0.1) is 0 Å². The highest BCUT2D eigenvalue weighted by atomic mass is 16.6. The topological polar surface area (TPSA) is 59.1 Å². The van der Waals surface area contributed by atoms with Crippen LogP contribution in [0.4, 0.5) is 0 Å². The molecule has 2 bridgehead atoms. The molecule has 124 valence electrons. The van der Waals surface area contributed by atoms with E-state index in [1.54, 1.807) is 0 Å². The molecular formula is C18H24NO4+. The van der Waals surface area contributed by atoms with Crippen LogP contribution < -0.4 is 0 Å². The predicted molar refractivity (Wildman–Crippen MR) is 83.7 cm³/mol. The number of piperidine rings is 1. The lowest BCUT2D eigenvalue weighted by atomic mass is 9.95. The highest BCUT2D eigenvalue weighted by molar-refractivity contribution is 5.78. The zero-order chi connectivity index (χ0) is 16.2. The molecule has 1 aromatic carbocycles. The van der Waals surface area contributed by atoms with E-state index in [1.165, 1.54) is 0 Å². The zero-order valence-corrected chi connectivity index (χ0v) is 13.6. The van der Waals surface area contributed by atoms with Crippen LogP contribution in [0.3, 0.4) is 0 Å². The quantitative estimate of drug-likeness (QED) is 0.512. The molecule has 3 aliphatic heterocycles. The number of carbonyl (C=O) groups is 1. The molecule has 0 saturated carbocycles. The third-order valence-corrected chi connectivity index (χ3v) is 5.99. The van der Waals surface area contributed by atoms with Crippen molar-refractivity contribution in [2.24, 2.45) is 0 Å².